The van der Waals surface area contributed by atoms with Gasteiger partial charge in [-0.25, -0.2) is 4.79 Å². The molecule has 19 heavy (non-hydrogen) atoms. The summed E-state index contributed by atoms with van der Waals surface area (Å²) < 4.78 is 4.76. The second-order valence-corrected chi connectivity index (χ2v) is 4.53. The molecule has 0 saturated carbocycles. The van der Waals surface area contributed by atoms with Crippen molar-refractivity contribution in [3.63, 3.8) is 0 Å². The van der Waals surface area contributed by atoms with Gasteiger partial charge in [0, 0.05) is 18.9 Å². The molecule has 2 rings (SSSR count). The molecule has 0 radical (unpaired) electrons. The molecule has 1 aliphatic rings. The van der Waals surface area contributed by atoms with Crippen LogP contribution in [-0.2, 0) is 9.53 Å². The zero-order valence-electron chi connectivity index (χ0n) is 11.0. The fourth-order valence-corrected chi connectivity index (χ4v) is 2.33. The minimum atomic E-state index is -0.448. The van der Waals surface area contributed by atoms with Gasteiger partial charge in [0.05, 0.1) is 18.4 Å². The largest absolute Gasteiger partial charge is 0.465 e. The zero-order valence-corrected chi connectivity index (χ0v) is 11.0. The summed E-state index contributed by atoms with van der Waals surface area (Å²) in [7, 11) is 1.32. The van der Waals surface area contributed by atoms with Crippen LogP contribution in [0.25, 0.3) is 0 Å². The Morgan fingerprint density at radius 2 is 2.26 bits per heavy atom. The summed E-state index contributed by atoms with van der Waals surface area (Å²) in [5, 5.41) is 0. The molecule has 1 atom stereocenters. The van der Waals surface area contributed by atoms with Gasteiger partial charge in [-0.2, -0.15) is 0 Å². The summed E-state index contributed by atoms with van der Waals surface area (Å²) in [5.41, 5.74) is 1.86. The van der Waals surface area contributed by atoms with E-state index in [0.717, 1.165) is 5.56 Å². The fraction of sp³-hybridized carbons (Fsp3) is 0.333. The van der Waals surface area contributed by atoms with E-state index in [0.29, 0.717) is 24.2 Å². The minimum absolute atomic E-state index is 0.0533. The van der Waals surface area contributed by atoms with Crippen LogP contribution in [0.2, 0.25) is 0 Å². The lowest BCUT2D eigenvalue weighted by atomic mass is 10.1. The van der Waals surface area contributed by atoms with Crippen molar-refractivity contribution in [3.8, 4) is 12.3 Å². The number of amides is 1. The van der Waals surface area contributed by atoms with E-state index in [2.05, 4.69) is 5.92 Å². The molecule has 1 saturated heterocycles. The Labute approximate surface area is 112 Å². The summed E-state index contributed by atoms with van der Waals surface area (Å²) in [5.74, 6) is 2.00. The normalized spacial score (nSPS) is 18.3. The van der Waals surface area contributed by atoms with E-state index in [1.165, 1.54) is 7.11 Å². The molecule has 0 N–H and O–H groups in total. The maximum absolute atomic E-state index is 12.0. The molecular weight excluding hydrogens is 242 g/mol. The number of terminal acetylenes is 1. The third-order valence-corrected chi connectivity index (χ3v) is 3.27. The Bertz CT molecular complexity index is 571. The zero-order chi connectivity index (χ0) is 14.0. The number of methoxy groups -OCH3 is 1. The molecule has 0 spiro atoms. The first-order valence-corrected chi connectivity index (χ1v) is 6.03. The third kappa shape index (κ3) is 2.32. The van der Waals surface area contributed by atoms with E-state index in [9.17, 15) is 9.59 Å². The van der Waals surface area contributed by atoms with Crippen LogP contribution < -0.4 is 4.90 Å². The van der Waals surface area contributed by atoms with Gasteiger partial charge in [-0.3, -0.25) is 4.79 Å². The van der Waals surface area contributed by atoms with Crippen molar-refractivity contribution in [1.29, 1.82) is 0 Å². The second-order valence-electron chi connectivity index (χ2n) is 4.53. The lowest BCUT2D eigenvalue weighted by Crippen LogP contribution is -2.27. The number of carbonyl (C=O) groups is 2. The SMILES string of the molecule is C#CC1CC(=O)N(c2c(C)cccc2C(=O)OC)C1. The summed E-state index contributed by atoms with van der Waals surface area (Å²) in [6.45, 7) is 2.31. The van der Waals surface area contributed by atoms with E-state index in [1.54, 1.807) is 17.0 Å². The first-order valence-electron chi connectivity index (χ1n) is 6.03. The molecule has 4 heteroatoms. The molecular formula is C15H15NO3. The van der Waals surface area contributed by atoms with Crippen LogP contribution in [0.4, 0.5) is 5.69 Å². The lowest BCUT2D eigenvalue weighted by molar-refractivity contribution is -0.117. The number of anilines is 1. The molecule has 1 aromatic carbocycles. The van der Waals surface area contributed by atoms with Crippen molar-refractivity contribution in [1.82, 2.24) is 0 Å². The average Bonchev–Trinajstić information content (AvgIpc) is 2.78. The maximum Gasteiger partial charge on any atom is 0.339 e. The molecule has 0 aliphatic carbocycles. The number of nitrogens with zero attached hydrogens (tertiary/aromatic N) is 1. The summed E-state index contributed by atoms with van der Waals surface area (Å²) >= 11 is 0. The quantitative estimate of drug-likeness (QED) is 0.599. The Hall–Kier alpha value is -2.28. The average molecular weight is 257 g/mol. The highest BCUT2D eigenvalue weighted by molar-refractivity contribution is 6.04. The number of para-hydroxylation sites is 1. The second kappa shape index (κ2) is 5.15. The lowest BCUT2D eigenvalue weighted by Gasteiger charge is -2.21. The first-order chi connectivity index (χ1) is 9.08. The highest BCUT2D eigenvalue weighted by atomic mass is 16.5. The number of rotatable bonds is 2. The summed E-state index contributed by atoms with van der Waals surface area (Å²) in [4.78, 5) is 25.4. The fourth-order valence-electron chi connectivity index (χ4n) is 2.33. The van der Waals surface area contributed by atoms with E-state index in [4.69, 9.17) is 11.2 Å². The predicted molar refractivity (Wildman–Crippen MR) is 71.8 cm³/mol. The first kappa shape index (κ1) is 13.2. The molecule has 0 aromatic heterocycles. The Morgan fingerprint density at radius 3 is 2.84 bits per heavy atom. The van der Waals surface area contributed by atoms with Gasteiger partial charge in [0.1, 0.15) is 0 Å². The van der Waals surface area contributed by atoms with Gasteiger partial charge in [0.15, 0.2) is 0 Å². The number of hydrogen-bond acceptors (Lipinski definition) is 3. The van der Waals surface area contributed by atoms with Gasteiger partial charge in [-0.15, -0.1) is 12.3 Å². The molecule has 1 aliphatic heterocycles. The molecule has 1 aromatic rings. The summed E-state index contributed by atoms with van der Waals surface area (Å²) in [6, 6.07) is 5.28. The van der Waals surface area contributed by atoms with Gasteiger partial charge in [0.2, 0.25) is 5.91 Å². The maximum atomic E-state index is 12.0. The van der Waals surface area contributed by atoms with Crippen molar-refractivity contribution >= 4 is 17.6 Å². The Balaban J connectivity index is 2.48. The van der Waals surface area contributed by atoms with Crippen LogP contribution in [0.5, 0.6) is 0 Å². The highest BCUT2D eigenvalue weighted by Gasteiger charge is 2.32. The van der Waals surface area contributed by atoms with Gasteiger partial charge in [0.25, 0.3) is 0 Å². The minimum Gasteiger partial charge on any atom is -0.465 e. The van der Waals surface area contributed by atoms with Crippen LogP contribution >= 0.6 is 0 Å². The van der Waals surface area contributed by atoms with Crippen molar-refractivity contribution in [2.45, 2.75) is 13.3 Å². The summed E-state index contributed by atoms with van der Waals surface area (Å²) in [6.07, 6.45) is 5.70. The van der Waals surface area contributed by atoms with E-state index >= 15 is 0 Å². The number of carbonyl (C=O) groups excluding carboxylic acids is 2. The topological polar surface area (TPSA) is 46.6 Å². The highest BCUT2D eigenvalue weighted by Crippen LogP contribution is 2.31. The van der Waals surface area contributed by atoms with Gasteiger partial charge >= 0.3 is 5.97 Å². The van der Waals surface area contributed by atoms with E-state index in [1.807, 2.05) is 13.0 Å². The smallest absolute Gasteiger partial charge is 0.339 e. The van der Waals surface area contributed by atoms with Crippen molar-refractivity contribution in [2.75, 3.05) is 18.6 Å². The Kier molecular flexibility index (Phi) is 3.57. The van der Waals surface area contributed by atoms with Gasteiger partial charge < -0.3 is 9.64 Å². The van der Waals surface area contributed by atoms with E-state index in [-0.39, 0.29) is 11.8 Å². The van der Waals surface area contributed by atoms with Crippen molar-refractivity contribution < 1.29 is 14.3 Å². The van der Waals surface area contributed by atoms with Crippen molar-refractivity contribution in [2.24, 2.45) is 5.92 Å². The number of benzene rings is 1. The number of esters is 1. The van der Waals surface area contributed by atoms with Gasteiger partial charge in [-0.05, 0) is 18.6 Å². The molecule has 1 fully saturated rings. The number of aryl methyl sites for hydroxylation is 1. The molecule has 0 bridgehead atoms. The van der Waals surface area contributed by atoms with Crippen LogP contribution in [0.15, 0.2) is 18.2 Å². The standard InChI is InChI=1S/C15H15NO3/c1-4-11-8-13(17)16(9-11)14-10(2)6-5-7-12(14)15(18)19-3/h1,5-7,11H,8-9H2,2-3H3. The molecule has 1 amide bonds. The predicted octanol–water partition coefficient (Wildman–Crippen LogP) is 1.77. The van der Waals surface area contributed by atoms with Gasteiger partial charge in [-0.1, -0.05) is 12.1 Å². The van der Waals surface area contributed by atoms with Crippen LogP contribution in [0, 0.1) is 25.2 Å². The number of hydrogen-bond donors (Lipinski definition) is 0. The van der Waals surface area contributed by atoms with Crippen LogP contribution in [0.1, 0.15) is 22.3 Å². The molecule has 1 heterocycles. The van der Waals surface area contributed by atoms with Crippen LogP contribution in [0.3, 0.4) is 0 Å². The van der Waals surface area contributed by atoms with Crippen molar-refractivity contribution in [3.05, 3.63) is 29.3 Å². The molecule has 98 valence electrons. The number of ether oxygens (including phenoxy) is 1. The monoisotopic (exact) mass is 257 g/mol. The van der Waals surface area contributed by atoms with Crippen LogP contribution in [-0.4, -0.2) is 25.5 Å². The molecule has 4 nitrogen and oxygen atoms in total. The molecule has 1 unspecified atom stereocenters. The van der Waals surface area contributed by atoms with E-state index < -0.39 is 5.97 Å². The Morgan fingerprint density at radius 1 is 1.53 bits per heavy atom. The third-order valence-electron chi connectivity index (χ3n) is 3.27.